The molecule has 1 aromatic rings. The second-order valence-electron chi connectivity index (χ2n) is 6.21. The van der Waals surface area contributed by atoms with Gasteiger partial charge in [0, 0.05) is 31.7 Å². The first-order valence-electron chi connectivity index (χ1n) is 8.28. The van der Waals surface area contributed by atoms with E-state index in [4.69, 9.17) is 9.47 Å². The summed E-state index contributed by atoms with van der Waals surface area (Å²) in [6, 6.07) is 5.56. The molecule has 0 aliphatic carbocycles. The molecule has 24 heavy (non-hydrogen) atoms. The van der Waals surface area contributed by atoms with Crippen LogP contribution in [0.2, 0.25) is 0 Å². The van der Waals surface area contributed by atoms with Crippen LogP contribution in [-0.2, 0) is 4.74 Å². The third-order valence-corrected chi connectivity index (χ3v) is 4.31. The summed E-state index contributed by atoms with van der Waals surface area (Å²) in [4.78, 5) is 27.9. The molecule has 1 heterocycles. The Balaban J connectivity index is 2.14. The first kappa shape index (κ1) is 18.1. The second kappa shape index (κ2) is 8.04. The van der Waals surface area contributed by atoms with Crippen molar-refractivity contribution in [2.75, 3.05) is 40.4 Å². The average Bonchev–Trinajstić information content (AvgIpc) is 2.85. The van der Waals surface area contributed by atoms with Gasteiger partial charge in [-0.2, -0.15) is 0 Å². The van der Waals surface area contributed by atoms with E-state index in [1.165, 1.54) is 7.11 Å². The fourth-order valence-corrected chi connectivity index (χ4v) is 2.93. The second-order valence-corrected chi connectivity index (χ2v) is 6.21. The van der Waals surface area contributed by atoms with E-state index in [1.54, 1.807) is 23.0 Å². The largest absolute Gasteiger partial charge is 0.496 e. The highest BCUT2D eigenvalue weighted by atomic mass is 16.5. The summed E-state index contributed by atoms with van der Waals surface area (Å²) in [5.74, 6) is 1.06. The normalized spacial score (nSPS) is 15.2. The molecule has 2 rings (SSSR count). The van der Waals surface area contributed by atoms with Crippen molar-refractivity contribution in [1.29, 1.82) is 0 Å². The van der Waals surface area contributed by atoms with E-state index in [1.807, 2.05) is 12.1 Å². The molecule has 0 saturated carbocycles. The van der Waals surface area contributed by atoms with Gasteiger partial charge in [-0.05, 0) is 36.1 Å². The van der Waals surface area contributed by atoms with Crippen LogP contribution in [-0.4, -0.2) is 62.2 Å². The SMILES string of the molecule is COC(=O)N1CCCN(C(=O)c2ccc(OC)c(C(C)C)c2)CC1. The molecule has 132 valence electrons. The predicted molar refractivity (Wildman–Crippen MR) is 91.6 cm³/mol. The van der Waals surface area contributed by atoms with E-state index in [9.17, 15) is 9.59 Å². The number of amides is 2. The van der Waals surface area contributed by atoms with Gasteiger partial charge in [0.2, 0.25) is 0 Å². The lowest BCUT2D eigenvalue weighted by Gasteiger charge is -2.22. The van der Waals surface area contributed by atoms with Gasteiger partial charge < -0.3 is 19.3 Å². The van der Waals surface area contributed by atoms with Gasteiger partial charge in [0.05, 0.1) is 14.2 Å². The van der Waals surface area contributed by atoms with Crippen LogP contribution in [0.4, 0.5) is 4.79 Å². The smallest absolute Gasteiger partial charge is 0.409 e. The molecule has 0 bridgehead atoms. The van der Waals surface area contributed by atoms with Gasteiger partial charge in [-0.3, -0.25) is 4.79 Å². The van der Waals surface area contributed by atoms with Gasteiger partial charge in [0.1, 0.15) is 5.75 Å². The minimum atomic E-state index is -0.337. The Hall–Kier alpha value is -2.24. The van der Waals surface area contributed by atoms with Gasteiger partial charge >= 0.3 is 6.09 Å². The van der Waals surface area contributed by atoms with Gasteiger partial charge in [-0.1, -0.05) is 13.8 Å². The van der Waals surface area contributed by atoms with E-state index in [0.717, 1.165) is 17.7 Å². The quantitative estimate of drug-likeness (QED) is 0.853. The molecule has 0 radical (unpaired) electrons. The molecule has 1 aliphatic heterocycles. The molecule has 2 amide bonds. The van der Waals surface area contributed by atoms with Crippen molar-refractivity contribution < 1.29 is 19.1 Å². The molecule has 1 aromatic carbocycles. The monoisotopic (exact) mass is 334 g/mol. The molecule has 0 N–H and O–H groups in total. The summed E-state index contributed by atoms with van der Waals surface area (Å²) in [5.41, 5.74) is 1.68. The summed E-state index contributed by atoms with van der Waals surface area (Å²) in [7, 11) is 3.01. The maximum absolute atomic E-state index is 12.8. The summed E-state index contributed by atoms with van der Waals surface area (Å²) < 4.78 is 10.1. The Kier molecular flexibility index (Phi) is 6.06. The number of nitrogens with zero attached hydrogens (tertiary/aromatic N) is 2. The average molecular weight is 334 g/mol. The molecule has 6 heteroatoms. The minimum absolute atomic E-state index is 0.00808. The van der Waals surface area contributed by atoms with Crippen molar-refractivity contribution in [2.24, 2.45) is 0 Å². The maximum atomic E-state index is 12.8. The number of carbonyl (C=O) groups is 2. The number of hydrogen-bond acceptors (Lipinski definition) is 4. The minimum Gasteiger partial charge on any atom is -0.496 e. The van der Waals surface area contributed by atoms with Crippen LogP contribution in [0.25, 0.3) is 0 Å². The highest BCUT2D eigenvalue weighted by Crippen LogP contribution is 2.27. The Morgan fingerprint density at radius 1 is 1.04 bits per heavy atom. The Labute approximate surface area is 143 Å². The maximum Gasteiger partial charge on any atom is 0.409 e. The lowest BCUT2D eigenvalue weighted by molar-refractivity contribution is 0.0757. The van der Waals surface area contributed by atoms with Crippen molar-refractivity contribution in [2.45, 2.75) is 26.2 Å². The molecular formula is C18H26N2O4. The van der Waals surface area contributed by atoms with E-state index >= 15 is 0 Å². The molecule has 0 aromatic heterocycles. The third-order valence-electron chi connectivity index (χ3n) is 4.31. The van der Waals surface area contributed by atoms with E-state index in [-0.39, 0.29) is 17.9 Å². The summed E-state index contributed by atoms with van der Waals surface area (Å²) in [6.07, 6.45) is 0.407. The topological polar surface area (TPSA) is 59.1 Å². The fraction of sp³-hybridized carbons (Fsp3) is 0.556. The number of carbonyl (C=O) groups excluding carboxylic acids is 2. The highest BCUT2D eigenvalue weighted by Gasteiger charge is 2.23. The van der Waals surface area contributed by atoms with E-state index in [2.05, 4.69) is 13.8 Å². The van der Waals surface area contributed by atoms with Gasteiger partial charge in [-0.25, -0.2) is 4.79 Å². The summed E-state index contributed by atoms with van der Waals surface area (Å²) in [6.45, 7) is 6.40. The van der Waals surface area contributed by atoms with Crippen molar-refractivity contribution in [3.05, 3.63) is 29.3 Å². The van der Waals surface area contributed by atoms with Crippen LogP contribution in [0.3, 0.4) is 0 Å². The lowest BCUT2D eigenvalue weighted by Crippen LogP contribution is -2.37. The standard InChI is InChI=1S/C18H26N2O4/c1-13(2)15-12-14(6-7-16(15)23-3)17(21)19-8-5-9-20(11-10-19)18(22)24-4/h6-7,12-13H,5,8-11H2,1-4H3. The molecule has 1 aliphatic rings. The van der Waals surface area contributed by atoms with E-state index in [0.29, 0.717) is 31.7 Å². The van der Waals surface area contributed by atoms with Crippen molar-refractivity contribution in [1.82, 2.24) is 9.80 Å². The lowest BCUT2D eigenvalue weighted by atomic mass is 9.99. The van der Waals surface area contributed by atoms with Crippen LogP contribution < -0.4 is 4.74 Å². The van der Waals surface area contributed by atoms with Crippen LogP contribution in [0, 0.1) is 0 Å². The molecule has 0 unspecified atom stereocenters. The van der Waals surface area contributed by atoms with Crippen LogP contribution in [0.15, 0.2) is 18.2 Å². The molecule has 1 saturated heterocycles. The van der Waals surface area contributed by atoms with Gasteiger partial charge in [0.25, 0.3) is 5.91 Å². The zero-order valence-corrected chi connectivity index (χ0v) is 14.9. The Morgan fingerprint density at radius 3 is 2.33 bits per heavy atom. The number of rotatable bonds is 3. The molecule has 0 atom stereocenters. The van der Waals surface area contributed by atoms with Crippen molar-refractivity contribution in [3.63, 3.8) is 0 Å². The predicted octanol–water partition coefficient (Wildman–Crippen LogP) is 2.73. The molecular weight excluding hydrogens is 308 g/mol. The molecule has 1 fully saturated rings. The first-order chi connectivity index (χ1) is 11.5. The van der Waals surface area contributed by atoms with Crippen molar-refractivity contribution >= 4 is 12.0 Å². The first-order valence-corrected chi connectivity index (χ1v) is 8.28. The van der Waals surface area contributed by atoms with Gasteiger partial charge in [0.15, 0.2) is 0 Å². The Morgan fingerprint density at radius 2 is 1.71 bits per heavy atom. The fourth-order valence-electron chi connectivity index (χ4n) is 2.93. The van der Waals surface area contributed by atoms with Crippen molar-refractivity contribution in [3.8, 4) is 5.75 Å². The number of hydrogen-bond donors (Lipinski definition) is 0. The number of methoxy groups -OCH3 is 2. The number of benzene rings is 1. The summed E-state index contributed by atoms with van der Waals surface area (Å²) >= 11 is 0. The van der Waals surface area contributed by atoms with Gasteiger partial charge in [-0.15, -0.1) is 0 Å². The highest BCUT2D eigenvalue weighted by molar-refractivity contribution is 5.94. The third kappa shape index (κ3) is 3.99. The summed E-state index contributed by atoms with van der Waals surface area (Å²) in [5, 5.41) is 0. The van der Waals surface area contributed by atoms with E-state index < -0.39 is 0 Å². The van der Waals surface area contributed by atoms with Crippen LogP contribution in [0.5, 0.6) is 5.75 Å². The van der Waals surface area contributed by atoms with Crippen LogP contribution >= 0.6 is 0 Å². The Bertz CT molecular complexity index is 601. The number of ether oxygens (including phenoxy) is 2. The zero-order chi connectivity index (χ0) is 17.7. The molecule has 0 spiro atoms. The van der Waals surface area contributed by atoms with Crippen LogP contribution in [0.1, 0.15) is 42.1 Å². The molecule has 6 nitrogen and oxygen atoms in total. The zero-order valence-electron chi connectivity index (χ0n) is 14.9.